The fraction of sp³-hybridized carbons (Fsp3) is 0.111. The van der Waals surface area contributed by atoms with Gasteiger partial charge in [0.05, 0.1) is 11.8 Å². The second kappa shape index (κ2) is 8.67. The van der Waals surface area contributed by atoms with E-state index in [0.29, 0.717) is 6.07 Å². The minimum atomic E-state index is -1.06. The Kier molecular flexibility index (Phi) is 6.22. The third kappa shape index (κ3) is 4.52. The molecule has 1 atom stereocenters. The molecule has 12 heteroatoms. The lowest BCUT2D eigenvalue weighted by Gasteiger charge is -2.27. The van der Waals surface area contributed by atoms with Crippen molar-refractivity contribution in [3.63, 3.8) is 0 Å². The molecule has 2 aromatic rings. The van der Waals surface area contributed by atoms with E-state index >= 15 is 0 Å². The fourth-order valence-corrected chi connectivity index (χ4v) is 3.14. The van der Waals surface area contributed by atoms with Crippen LogP contribution in [0.15, 0.2) is 46.7 Å². The van der Waals surface area contributed by atoms with Crippen LogP contribution in [0.3, 0.4) is 0 Å². The molecule has 1 aliphatic heterocycles. The van der Waals surface area contributed by atoms with Crippen LogP contribution in [-0.4, -0.2) is 21.8 Å². The van der Waals surface area contributed by atoms with Gasteiger partial charge < -0.3 is 11.1 Å². The Morgan fingerprint density at radius 1 is 1.23 bits per heavy atom. The summed E-state index contributed by atoms with van der Waals surface area (Å²) in [5.41, 5.74) is 10.3. The monoisotopic (exact) mass is 454 g/mol. The maximum atomic E-state index is 14.3. The number of hydrogen-bond donors (Lipinski definition) is 4. The first kappa shape index (κ1) is 21.5. The van der Waals surface area contributed by atoms with Crippen LogP contribution < -0.4 is 21.9 Å². The van der Waals surface area contributed by atoms with E-state index in [0.717, 1.165) is 18.3 Å². The van der Waals surface area contributed by atoms with Crippen molar-refractivity contribution in [2.45, 2.75) is 13.0 Å². The van der Waals surface area contributed by atoms with E-state index in [4.69, 9.17) is 17.3 Å². The van der Waals surface area contributed by atoms with E-state index in [1.807, 2.05) is 0 Å². The fourth-order valence-electron chi connectivity index (χ4n) is 2.81. The van der Waals surface area contributed by atoms with Crippen LogP contribution in [0, 0.1) is 17.5 Å². The van der Waals surface area contributed by atoms with Crippen molar-refractivity contribution >= 4 is 40.7 Å². The summed E-state index contributed by atoms with van der Waals surface area (Å²) in [7, 11) is 0. The van der Waals surface area contributed by atoms with Crippen molar-refractivity contribution < 1.29 is 18.0 Å². The molecule has 2 heterocycles. The van der Waals surface area contributed by atoms with Crippen LogP contribution in [0.5, 0.6) is 0 Å². The molecular formula is C18H14ClF3N6OS. The number of nitrogens with zero attached hydrogens (tertiary/aromatic N) is 2. The molecule has 1 aromatic heterocycles. The zero-order valence-corrected chi connectivity index (χ0v) is 16.8. The predicted octanol–water partition coefficient (Wildman–Crippen LogP) is 2.38. The van der Waals surface area contributed by atoms with Gasteiger partial charge in [0.15, 0.2) is 16.8 Å². The highest BCUT2D eigenvalue weighted by molar-refractivity contribution is 7.80. The van der Waals surface area contributed by atoms with Gasteiger partial charge in [-0.05, 0) is 31.3 Å². The largest absolute Gasteiger partial charge is 0.375 e. The number of amides is 1. The number of aromatic nitrogens is 1. The van der Waals surface area contributed by atoms with Crippen LogP contribution >= 0.6 is 23.8 Å². The average molecular weight is 455 g/mol. The molecule has 30 heavy (non-hydrogen) atoms. The number of pyridine rings is 1. The average Bonchev–Trinajstić information content (AvgIpc) is 2.65. The molecule has 7 nitrogen and oxygen atoms in total. The van der Waals surface area contributed by atoms with Crippen LogP contribution in [0.1, 0.15) is 24.2 Å². The Bertz CT molecular complexity index is 1110. The molecule has 0 fully saturated rings. The molecule has 0 aliphatic carbocycles. The highest BCUT2D eigenvalue weighted by Crippen LogP contribution is 2.35. The molecule has 5 N–H and O–H groups in total. The number of thiocarbonyl (C=S) groups is 1. The zero-order chi connectivity index (χ0) is 22.0. The van der Waals surface area contributed by atoms with E-state index in [2.05, 4.69) is 38.4 Å². The molecule has 3 rings (SSSR count). The number of nitrogens with one attached hydrogen (secondary N) is 3. The smallest absolute Gasteiger partial charge is 0.269 e. The number of hydrazine groups is 1. The topological polar surface area (TPSA) is 104 Å². The Labute approximate surface area is 179 Å². The van der Waals surface area contributed by atoms with Gasteiger partial charge in [-0.1, -0.05) is 17.7 Å². The summed E-state index contributed by atoms with van der Waals surface area (Å²) in [6.45, 7) is 1.54. The molecular weight excluding hydrogens is 441 g/mol. The standard InChI is InChI=1S/C18H14ClF3N6OS/c1-7-13(17(29)27-28-18(23)30)14(10-3-2-8(20)4-11(10)19)26-16(25-7)15-12(22)5-9(21)6-24-15/h2-6,14H,1H3,(H,25,26)(H,27,29)(H3,23,28,30). The van der Waals surface area contributed by atoms with Crippen molar-refractivity contribution in [1.29, 1.82) is 0 Å². The number of carbonyl (C=O) groups is 1. The second-order valence-electron chi connectivity index (χ2n) is 6.14. The van der Waals surface area contributed by atoms with Gasteiger partial charge in [-0.15, -0.1) is 0 Å². The van der Waals surface area contributed by atoms with Crippen LogP contribution in [-0.2, 0) is 4.79 Å². The first-order valence-corrected chi connectivity index (χ1v) is 9.13. The molecule has 0 bridgehead atoms. The maximum Gasteiger partial charge on any atom is 0.269 e. The number of halogens is 4. The molecule has 1 amide bonds. The number of allylic oxidation sites excluding steroid dienone is 1. The van der Waals surface area contributed by atoms with Gasteiger partial charge in [-0.25, -0.2) is 18.2 Å². The predicted molar refractivity (Wildman–Crippen MR) is 109 cm³/mol. The van der Waals surface area contributed by atoms with E-state index in [1.54, 1.807) is 0 Å². The lowest BCUT2D eigenvalue weighted by Crippen LogP contribution is -2.47. The lowest BCUT2D eigenvalue weighted by molar-refractivity contribution is -0.118. The summed E-state index contributed by atoms with van der Waals surface area (Å²) in [5, 5.41) is 2.60. The van der Waals surface area contributed by atoms with E-state index in [9.17, 15) is 18.0 Å². The van der Waals surface area contributed by atoms with Gasteiger partial charge >= 0.3 is 0 Å². The van der Waals surface area contributed by atoms with Crippen molar-refractivity contribution in [3.8, 4) is 0 Å². The maximum absolute atomic E-state index is 14.3. The zero-order valence-electron chi connectivity index (χ0n) is 15.3. The summed E-state index contributed by atoms with van der Waals surface area (Å²) in [6.07, 6.45) is 0.829. The van der Waals surface area contributed by atoms with Gasteiger partial charge in [0.2, 0.25) is 0 Å². The number of aliphatic imine (C=N–C) groups is 1. The minimum Gasteiger partial charge on any atom is -0.375 e. The van der Waals surface area contributed by atoms with Gasteiger partial charge in [0, 0.05) is 22.3 Å². The molecule has 1 aliphatic rings. The molecule has 0 saturated heterocycles. The molecule has 156 valence electrons. The minimum absolute atomic E-state index is 0.00191. The number of amidine groups is 1. The highest BCUT2D eigenvalue weighted by Gasteiger charge is 2.32. The van der Waals surface area contributed by atoms with Crippen molar-refractivity contribution in [1.82, 2.24) is 21.2 Å². The Morgan fingerprint density at radius 3 is 2.60 bits per heavy atom. The third-order valence-corrected chi connectivity index (χ3v) is 4.50. The van der Waals surface area contributed by atoms with Crippen LogP contribution in [0.2, 0.25) is 5.02 Å². The lowest BCUT2D eigenvalue weighted by atomic mass is 9.95. The van der Waals surface area contributed by atoms with Crippen molar-refractivity contribution in [2.75, 3.05) is 0 Å². The van der Waals surface area contributed by atoms with Crippen LogP contribution in [0.25, 0.3) is 0 Å². The SMILES string of the molecule is CC1=C(C(=O)NNC(N)=S)C(c2ccc(F)cc2Cl)N=C(c2ncc(F)cc2F)N1. The van der Waals surface area contributed by atoms with Gasteiger partial charge in [-0.2, -0.15) is 0 Å². The number of benzene rings is 1. The van der Waals surface area contributed by atoms with Gasteiger partial charge in [0.25, 0.3) is 5.91 Å². The summed E-state index contributed by atoms with van der Waals surface area (Å²) in [6, 6.07) is 3.15. The molecule has 0 spiro atoms. The molecule has 1 aromatic carbocycles. The Hall–Kier alpha value is -3.18. The summed E-state index contributed by atoms with van der Waals surface area (Å²) >= 11 is 10.8. The van der Waals surface area contributed by atoms with E-state index in [1.165, 1.54) is 13.0 Å². The van der Waals surface area contributed by atoms with Gasteiger partial charge in [0.1, 0.15) is 23.4 Å². The Morgan fingerprint density at radius 2 is 1.97 bits per heavy atom. The number of hydrogen-bond acceptors (Lipinski definition) is 5. The highest BCUT2D eigenvalue weighted by atomic mass is 35.5. The first-order valence-electron chi connectivity index (χ1n) is 8.35. The normalized spacial score (nSPS) is 15.9. The quantitative estimate of drug-likeness (QED) is 0.419. The number of carbonyl (C=O) groups excluding carboxylic acids is 1. The third-order valence-electron chi connectivity index (χ3n) is 4.07. The molecule has 0 saturated carbocycles. The van der Waals surface area contributed by atoms with E-state index in [-0.39, 0.29) is 38.5 Å². The van der Waals surface area contributed by atoms with Crippen molar-refractivity contribution in [2.24, 2.45) is 10.7 Å². The van der Waals surface area contributed by atoms with Gasteiger partial charge in [-0.3, -0.25) is 20.6 Å². The van der Waals surface area contributed by atoms with Crippen molar-refractivity contribution in [3.05, 3.63) is 75.5 Å². The Balaban J connectivity index is 2.11. The molecule has 1 unspecified atom stereocenters. The summed E-state index contributed by atoms with van der Waals surface area (Å²) in [5.74, 6) is -3.12. The summed E-state index contributed by atoms with van der Waals surface area (Å²) in [4.78, 5) is 20.8. The van der Waals surface area contributed by atoms with Crippen LogP contribution in [0.4, 0.5) is 13.2 Å². The molecule has 0 radical (unpaired) electrons. The summed E-state index contributed by atoms with van der Waals surface area (Å²) < 4.78 is 41.0. The number of rotatable bonds is 3. The second-order valence-corrected chi connectivity index (χ2v) is 6.98. The first-order chi connectivity index (χ1) is 14.2. The van der Waals surface area contributed by atoms with E-state index < -0.39 is 29.4 Å². The number of nitrogens with two attached hydrogens (primary N) is 1.